The number of nitrogens with one attached hydrogen (secondary N) is 1. The van der Waals surface area contributed by atoms with E-state index in [2.05, 4.69) is 20.1 Å². The molecule has 3 rings (SSSR count). The maximum absolute atomic E-state index is 12.5. The number of halogens is 1. The van der Waals surface area contributed by atoms with Gasteiger partial charge in [-0.2, -0.15) is 0 Å². The lowest BCUT2D eigenvalue weighted by Crippen LogP contribution is -2.54. The number of carbonyl (C=O) groups excluding carboxylic acids is 1. The van der Waals surface area contributed by atoms with Gasteiger partial charge in [0.05, 0.1) is 19.4 Å². The molecule has 9 heteroatoms. The summed E-state index contributed by atoms with van der Waals surface area (Å²) in [6, 6.07) is 3.53. The molecule has 2 N–H and O–H groups in total. The second kappa shape index (κ2) is 11.9. The predicted octanol–water partition coefficient (Wildman–Crippen LogP) is 1.70. The standard InChI is InChI=1S/C21H35N5O3.HI/c1-3-22-20(23-17-21(2,28)18-8-7-15-29-18)26-13-11-24(12-14-26)16-19(27)25-9-5-4-6-10-25;/h7-8,15,28H,3-6,9-14,16-17H2,1-2H3,(H,22,23);1H. The Morgan fingerprint density at radius 2 is 1.87 bits per heavy atom. The molecule has 1 amide bonds. The third-order valence-corrected chi connectivity index (χ3v) is 5.66. The molecule has 1 unspecified atom stereocenters. The van der Waals surface area contributed by atoms with Gasteiger partial charge in [0.1, 0.15) is 11.4 Å². The summed E-state index contributed by atoms with van der Waals surface area (Å²) in [6.07, 6.45) is 5.05. The Morgan fingerprint density at radius 3 is 2.47 bits per heavy atom. The molecule has 2 fully saturated rings. The molecule has 8 nitrogen and oxygen atoms in total. The van der Waals surface area contributed by atoms with Crippen molar-refractivity contribution in [2.24, 2.45) is 4.99 Å². The zero-order chi connectivity index (χ0) is 20.7. The molecule has 2 saturated heterocycles. The highest BCUT2D eigenvalue weighted by molar-refractivity contribution is 14.0. The molecule has 0 bridgehead atoms. The second-order valence-electron chi connectivity index (χ2n) is 8.13. The van der Waals surface area contributed by atoms with Crippen LogP contribution >= 0.6 is 24.0 Å². The Bertz CT molecular complexity index is 666. The van der Waals surface area contributed by atoms with Crippen LogP contribution in [0, 0.1) is 0 Å². The third-order valence-electron chi connectivity index (χ3n) is 5.66. The van der Waals surface area contributed by atoms with Gasteiger partial charge in [0.25, 0.3) is 0 Å². The normalized spacial score (nSPS) is 20.4. The number of aliphatic imine (C=N–C) groups is 1. The van der Waals surface area contributed by atoms with Crippen LogP contribution in [0.4, 0.5) is 0 Å². The number of piperazine rings is 1. The van der Waals surface area contributed by atoms with Crippen LogP contribution in [0.3, 0.4) is 0 Å². The Balaban J connectivity index is 0.00000320. The van der Waals surface area contributed by atoms with E-state index in [0.29, 0.717) is 12.3 Å². The molecule has 0 radical (unpaired) electrons. The Hall–Kier alpha value is -1.33. The van der Waals surface area contributed by atoms with Gasteiger partial charge in [0, 0.05) is 45.8 Å². The van der Waals surface area contributed by atoms with Crippen LogP contribution in [0.5, 0.6) is 0 Å². The van der Waals surface area contributed by atoms with Gasteiger partial charge in [0.2, 0.25) is 5.91 Å². The summed E-state index contributed by atoms with van der Waals surface area (Å²) in [5.74, 6) is 1.56. The van der Waals surface area contributed by atoms with Crippen LogP contribution in [0.25, 0.3) is 0 Å². The first-order valence-corrected chi connectivity index (χ1v) is 10.8. The summed E-state index contributed by atoms with van der Waals surface area (Å²) in [5.41, 5.74) is -1.15. The highest BCUT2D eigenvalue weighted by Crippen LogP contribution is 2.21. The van der Waals surface area contributed by atoms with E-state index in [1.807, 2.05) is 11.8 Å². The van der Waals surface area contributed by atoms with E-state index in [-0.39, 0.29) is 36.4 Å². The van der Waals surface area contributed by atoms with Gasteiger partial charge in [-0.3, -0.25) is 9.69 Å². The molecule has 0 spiro atoms. The highest BCUT2D eigenvalue weighted by atomic mass is 127. The molecule has 0 saturated carbocycles. The van der Waals surface area contributed by atoms with E-state index in [4.69, 9.17) is 4.42 Å². The van der Waals surface area contributed by atoms with Gasteiger partial charge in [-0.1, -0.05) is 0 Å². The van der Waals surface area contributed by atoms with Crippen LogP contribution in [0.2, 0.25) is 0 Å². The summed E-state index contributed by atoms with van der Waals surface area (Å²) >= 11 is 0. The van der Waals surface area contributed by atoms with E-state index >= 15 is 0 Å². The zero-order valence-corrected chi connectivity index (χ0v) is 20.5. The van der Waals surface area contributed by atoms with Gasteiger partial charge < -0.3 is 24.6 Å². The lowest BCUT2D eigenvalue weighted by molar-refractivity contribution is -0.133. The van der Waals surface area contributed by atoms with Crippen molar-refractivity contribution in [2.75, 3.05) is 58.9 Å². The van der Waals surface area contributed by atoms with Crippen LogP contribution in [0.1, 0.15) is 38.9 Å². The third kappa shape index (κ3) is 6.84. The Kier molecular flexibility index (Phi) is 9.89. The highest BCUT2D eigenvalue weighted by Gasteiger charge is 2.28. The maximum Gasteiger partial charge on any atom is 0.236 e. The van der Waals surface area contributed by atoms with Crippen LogP contribution in [-0.4, -0.2) is 90.6 Å². The average molecular weight is 533 g/mol. The summed E-state index contributed by atoms with van der Waals surface area (Å²) < 4.78 is 5.34. The lowest BCUT2D eigenvalue weighted by Gasteiger charge is -2.37. The molecule has 170 valence electrons. The van der Waals surface area contributed by atoms with Gasteiger partial charge in [-0.15, -0.1) is 24.0 Å². The van der Waals surface area contributed by atoms with Gasteiger partial charge >= 0.3 is 0 Å². The predicted molar refractivity (Wildman–Crippen MR) is 128 cm³/mol. The van der Waals surface area contributed by atoms with Crippen molar-refractivity contribution in [3.8, 4) is 0 Å². The van der Waals surface area contributed by atoms with Crippen molar-refractivity contribution in [1.82, 2.24) is 20.0 Å². The molecule has 1 aromatic heterocycles. The van der Waals surface area contributed by atoms with E-state index in [0.717, 1.165) is 64.6 Å². The number of furan rings is 1. The zero-order valence-electron chi connectivity index (χ0n) is 18.2. The Morgan fingerprint density at radius 1 is 1.17 bits per heavy atom. The number of nitrogens with zero attached hydrogens (tertiary/aromatic N) is 4. The molecule has 1 aromatic rings. The topological polar surface area (TPSA) is 84.5 Å². The SMILES string of the molecule is CCNC(=NCC(C)(O)c1ccco1)N1CCN(CC(=O)N2CCCCC2)CC1.I. The molecule has 2 aliphatic heterocycles. The first kappa shape index (κ1) is 24.9. The lowest BCUT2D eigenvalue weighted by atomic mass is 10.0. The maximum atomic E-state index is 12.5. The fourth-order valence-electron chi connectivity index (χ4n) is 3.87. The summed E-state index contributed by atoms with van der Waals surface area (Å²) in [6.45, 7) is 10.3. The largest absolute Gasteiger partial charge is 0.466 e. The fourth-order valence-corrected chi connectivity index (χ4v) is 3.87. The van der Waals surface area contributed by atoms with E-state index < -0.39 is 5.60 Å². The number of aliphatic hydroxyl groups is 1. The molecular weight excluding hydrogens is 497 g/mol. The van der Waals surface area contributed by atoms with Crippen molar-refractivity contribution in [3.05, 3.63) is 24.2 Å². The molecule has 0 aromatic carbocycles. The first-order chi connectivity index (χ1) is 14.0. The molecule has 0 aliphatic carbocycles. The minimum atomic E-state index is -1.15. The van der Waals surface area contributed by atoms with Crippen LogP contribution in [-0.2, 0) is 10.4 Å². The molecule has 30 heavy (non-hydrogen) atoms. The van der Waals surface area contributed by atoms with Crippen molar-refractivity contribution in [1.29, 1.82) is 0 Å². The number of amides is 1. The summed E-state index contributed by atoms with van der Waals surface area (Å²) in [7, 11) is 0. The quantitative estimate of drug-likeness (QED) is 0.329. The molecule has 1 atom stereocenters. The number of likely N-dealkylation sites (tertiary alicyclic amines) is 1. The molecular formula is C21H36IN5O3. The van der Waals surface area contributed by atoms with Gasteiger partial charge in [-0.05, 0) is 45.2 Å². The van der Waals surface area contributed by atoms with E-state index in [1.165, 1.54) is 6.42 Å². The van der Waals surface area contributed by atoms with Crippen LogP contribution < -0.4 is 5.32 Å². The van der Waals surface area contributed by atoms with Crippen molar-refractivity contribution in [3.63, 3.8) is 0 Å². The van der Waals surface area contributed by atoms with Crippen molar-refractivity contribution < 1.29 is 14.3 Å². The minimum Gasteiger partial charge on any atom is -0.466 e. The van der Waals surface area contributed by atoms with Gasteiger partial charge in [0.15, 0.2) is 5.96 Å². The van der Waals surface area contributed by atoms with Gasteiger partial charge in [-0.25, -0.2) is 4.99 Å². The number of rotatable bonds is 6. The Labute approximate surface area is 196 Å². The number of guanidine groups is 1. The minimum absolute atomic E-state index is 0. The van der Waals surface area contributed by atoms with Crippen molar-refractivity contribution >= 4 is 35.8 Å². The number of carbonyl (C=O) groups is 1. The summed E-state index contributed by atoms with van der Waals surface area (Å²) in [4.78, 5) is 23.6. The average Bonchev–Trinajstić information content (AvgIpc) is 3.28. The molecule has 3 heterocycles. The number of hydrogen-bond acceptors (Lipinski definition) is 5. The first-order valence-electron chi connectivity index (χ1n) is 10.8. The molecule has 2 aliphatic rings. The summed E-state index contributed by atoms with van der Waals surface area (Å²) in [5, 5.41) is 14.0. The number of hydrogen-bond donors (Lipinski definition) is 2. The monoisotopic (exact) mass is 533 g/mol. The van der Waals surface area contributed by atoms with Crippen LogP contribution in [0.15, 0.2) is 27.8 Å². The van der Waals surface area contributed by atoms with Crippen molar-refractivity contribution in [2.45, 2.75) is 38.7 Å². The van der Waals surface area contributed by atoms with E-state index in [1.54, 1.807) is 25.3 Å². The van der Waals surface area contributed by atoms with E-state index in [9.17, 15) is 9.90 Å². The smallest absolute Gasteiger partial charge is 0.236 e. The number of piperidine rings is 1. The second-order valence-corrected chi connectivity index (χ2v) is 8.13. The fraction of sp³-hybridized carbons (Fsp3) is 0.714.